The molecule has 0 aliphatic carbocycles. The van der Waals surface area contributed by atoms with Gasteiger partial charge in [0, 0.05) is 49.9 Å². The largest absolute Gasteiger partial charge is 0.494 e. The van der Waals surface area contributed by atoms with E-state index < -0.39 is 0 Å². The number of nitrogens with zero attached hydrogens (tertiary/aromatic N) is 4. The average molecular weight is 479 g/mol. The van der Waals surface area contributed by atoms with Crippen LogP contribution in [-0.2, 0) is 11.8 Å². The summed E-state index contributed by atoms with van der Waals surface area (Å²) in [6, 6.07) is 10.8. The van der Waals surface area contributed by atoms with Gasteiger partial charge in [-0.25, -0.2) is 9.18 Å². The Morgan fingerprint density at radius 2 is 1.91 bits per heavy atom. The van der Waals surface area contributed by atoms with Crippen molar-refractivity contribution < 1.29 is 13.9 Å². The zero-order chi connectivity index (χ0) is 24.5. The topological polar surface area (TPSA) is 61.5 Å². The summed E-state index contributed by atoms with van der Waals surface area (Å²) in [6.07, 6.45) is 4.14. The number of halogens is 1. The lowest BCUT2D eigenvalue weighted by Crippen LogP contribution is -2.29. The summed E-state index contributed by atoms with van der Waals surface area (Å²) in [7, 11) is 5.83. The summed E-state index contributed by atoms with van der Waals surface area (Å²) in [5.74, 6) is 0.411. The van der Waals surface area contributed by atoms with Gasteiger partial charge < -0.3 is 14.4 Å². The minimum Gasteiger partial charge on any atom is -0.494 e. The van der Waals surface area contributed by atoms with E-state index in [0.29, 0.717) is 30.9 Å². The van der Waals surface area contributed by atoms with Crippen LogP contribution in [-0.4, -0.2) is 59.5 Å². The van der Waals surface area contributed by atoms with Crippen molar-refractivity contribution in [1.82, 2.24) is 19.0 Å². The number of pyridine rings is 1. The van der Waals surface area contributed by atoms with Gasteiger partial charge in [-0.15, -0.1) is 0 Å². The first-order chi connectivity index (χ1) is 16.9. The second-order valence-electron chi connectivity index (χ2n) is 9.43. The predicted molar refractivity (Wildman–Crippen MR) is 136 cm³/mol. The van der Waals surface area contributed by atoms with Crippen molar-refractivity contribution in [2.75, 3.05) is 40.5 Å². The molecule has 0 radical (unpaired) electrons. The Morgan fingerprint density at radius 1 is 1.17 bits per heavy atom. The number of fused-ring (bicyclic) bond motifs is 3. The van der Waals surface area contributed by atoms with Crippen molar-refractivity contribution in [2.45, 2.75) is 25.3 Å². The van der Waals surface area contributed by atoms with E-state index >= 15 is 4.39 Å². The van der Waals surface area contributed by atoms with Gasteiger partial charge in [0.1, 0.15) is 11.6 Å². The van der Waals surface area contributed by atoms with E-state index in [9.17, 15) is 4.79 Å². The molecule has 1 aliphatic rings. The van der Waals surface area contributed by atoms with Gasteiger partial charge in [0.25, 0.3) is 0 Å². The van der Waals surface area contributed by atoms with Crippen molar-refractivity contribution in [1.29, 1.82) is 0 Å². The first-order valence-electron chi connectivity index (χ1n) is 12.1. The molecule has 1 saturated heterocycles. The van der Waals surface area contributed by atoms with Crippen molar-refractivity contribution in [2.24, 2.45) is 7.05 Å². The summed E-state index contributed by atoms with van der Waals surface area (Å²) in [6.45, 7) is 2.84. The second kappa shape index (κ2) is 9.79. The summed E-state index contributed by atoms with van der Waals surface area (Å²) in [4.78, 5) is 19.8. The van der Waals surface area contributed by atoms with E-state index in [2.05, 4.69) is 9.88 Å². The van der Waals surface area contributed by atoms with Crippen molar-refractivity contribution in [3.63, 3.8) is 0 Å². The molecule has 0 bridgehead atoms. The maximum absolute atomic E-state index is 15.2. The lowest BCUT2D eigenvalue weighted by atomic mass is 10.0. The molecule has 0 N–H and O–H groups in total. The molecule has 7 nitrogen and oxygen atoms in total. The van der Waals surface area contributed by atoms with Crippen molar-refractivity contribution in [3.05, 3.63) is 58.9 Å². The molecule has 0 spiro atoms. The Labute approximate surface area is 203 Å². The second-order valence-corrected chi connectivity index (χ2v) is 9.43. The third kappa shape index (κ3) is 4.56. The fourth-order valence-corrected chi connectivity index (χ4v) is 4.85. The minimum atomic E-state index is -0.347. The van der Waals surface area contributed by atoms with E-state index in [1.807, 2.05) is 49.0 Å². The number of hydrogen-bond acceptors (Lipinski definition) is 5. The highest BCUT2D eigenvalue weighted by atomic mass is 19.1. The molecule has 5 rings (SSSR count). The number of ether oxygens (including phenoxy) is 2. The summed E-state index contributed by atoms with van der Waals surface area (Å²) < 4.78 is 30.0. The number of rotatable bonds is 7. The van der Waals surface area contributed by atoms with Crippen LogP contribution in [0.1, 0.15) is 25.3 Å². The molecule has 2 aromatic carbocycles. The fourth-order valence-electron chi connectivity index (χ4n) is 4.85. The smallest absolute Gasteiger partial charge is 0.329 e. The Bertz CT molecular complexity index is 1400. The minimum absolute atomic E-state index is 0.0444. The lowest BCUT2D eigenvalue weighted by Gasteiger charge is -2.23. The molecule has 35 heavy (non-hydrogen) atoms. The first-order valence-corrected chi connectivity index (χ1v) is 12.1. The molecule has 0 unspecified atom stereocenters. The normalized spacial score (nSPS) is 14.9. The van der Waals surface area contributed by atoms with E-state index in [1.54, 1.807) is 17.8 Å². The molecule has 8 heteroatoms. The maximum Gasteiger partial charge on any atom is 0.329 e. The van der Waals surface area contributed by atoms with E-state index in [-0.39, 0.29) is 17.5 Å². The molecule has 184 valence electrons. The summed E-state index contributed by atoms with van der Waals surface area (Å²) in [5, 5.41) is 0.770. The predicted octanol–water partition coefficient (Wildman–Crippen LogP) is 4.38. The molecular weight excluding hydrogens is 447 g/mol. The molecule has 0 saturated carbocycles. The Hall–Kier alpha value is -3.23. The van der Waals surface area contributed by atoms with E-state index in [0.717, 1.165) is 53.5 Å². The zero-order valence-corrected chi connectivity index (χ0v) is 20.5. The fraction of sp³-hybridized carbons (Fsp3) is 0.407. The molecular formula is C27H31FN4O3. The van der Waals surface area contributed by atoms with Crippen LogP contribution in [0.5, 0.6) is 5.75 Å². The van der Waals surface area contributed by atoms with Gasteiger partial charge >= 0.3 is 5.69 Å². The van der Waals surface area contributed by atoms with Gasteiger partial charge in [-0.3, -0.25) is 14.1 Å². The summed E-state index contributed by atoms with van der Waals surface area (Å²) in [5.41, 5.74) is 3.22. The van der Waals surface area contributed by atoms with Crippen LogP contribution in [0.15, 0.2) is 47.4 Å². The highest BCUT2D eigenvalue weighted by Gasteiger charge is 2.24. The van der Waals surface area contributed by atoms with Gasteiger partial charge in [-0.1, -0.05) is 12.1 Å². The lowest BCUT2D eigenvalue weighted by molar-refractivity contribution is 0.0697. The highest BCUT2D eigenvalue weighted by molar-refractivity contribution is 6.04. The summed E-state index contributed by atoms with van der Waals surface area (Å²) >= 11 is 0. The Balaban J connectivity index is 1.55. The molecule has 4 aromatic rings. The highest BCUT2D eigenvalue weighted by Crippen LogP contribution is 2.33. The molecule has 3 heterocycles. The van der Waals surface area contributed by atoms with Gasteiger partial charge in [0.15, 0.2) is 0 Å². The van der Waals surface area contributed by atoms with E-state index in [1.165, 1.54) is 6.07 Å². The quantitative estimate of drug-likeness (QED) is 0.369. The number of hydrogen-bond donors (Lipinski definition) is 0. The van der Waals surface area contributed by atoms with Crippen molar-refractivity contribution >= 4 is 21.9 Å². The van der Waals surface area contributed by atoms with Crippen molar-refractivity contribution in [3.8, 4) is 16.9 Å². The molecule has 0 atom stereocenters. The first kappa shape index (κ1) is 23.5. The standard InChI is InChI=1S/C27H31FN4O3/c1-30(2)11-4-12-35-20-7-5-18(6-8-20)21-15-22-24(16-23(21)28)29-17-25-26(22)32(27(33)31(25)3)19-9-13-34-14-10-19/h5-8,15-17,19H,4,9-14H2,1-3H3. The van der Waals surface area contributed by atoms with Gasteiger partial charge in [-0.05, 0) is 57.1 Å². The van der Waals surface area contributed by atoms with Crippen LogP contribution in [0.2, 0.25) is 0 Å². The van der Waals surface area contributed by atoms with Crippen LogP contribution in [0.25, 0.3) is 33.1 Å². The van der Waals surface area contributed by atoms with Crippen LogP contribution in [0.3, 0.4) is 0 Å². The third-order valence-corrected chi connectivity index (χ3v) is 6.74. The zero-order valence-electron chi connectivity index (χ0n) is 20.5. The van der Waals surface area contributed by atoms with E-state index in [4.69, 9.17) is 9.47 Å². The maximum atomic E-state index is 15.2. The monoisotopic (exact) mass is 478 g/mol. The van der Waals surface area contributed by atoms with Gasteiger partial charge in [0.2, 0.25) is 0 Å². The molecule has 0 amide bonds. The van der Waals surface area contributed by atoms with Crippen LogP contribution in [0, 0.1) is 5.82 Å². The Kier molecular flexibility index (Phi) is 6.58. The van der Waals surface area contributed by atoms with Gasteiger partial charge in [0.05, 0.1) is 29.4 Å². The molecule has 2 aromatic heterocycles. The Morgan fingerprint density at radius 3 is 2.63 bits per heavy atom. The SMILES string of the molecule is CN(C)CCCOc1ccc(-c2cc3c(cc2F)ncc2c3n(C3CCOCC3)c(=O)n2C)cc1. The average Bonchev–Trinajstić information content (AvgIpc) is 3.12. The van der Waals surface area contributed by atoms with Crippen LogP contribution < -0.4 is 10.4 Å². The van der Waals surface area contributed by atoms with Gasteiger partial charge in [-0.2, -0.15) is 0 Å². The third-order valence-electron chi connectivity index (χ3n) is 6.74. The number of aromatic nitrogens is 3. The van der Waals surface area contributed by atoms with Crippen LogP contribution in [0.4, 0.5) is 4.39 Å². The molecule has 1 fully saturated rings. The number of aryl methyl sites for hydroxylation is 1. The number of benzene rings is 2. The molecule has 1 aliphatic heterocycles. The van der Waals surface area contributed by atoms with Crippen LogP contribution >= 0.6 is 0 Å². The number of imidazole rings is 1.